The highest BCUT2D eigenvalue weighted by molar-refractivity contribution is 7.46. The molecule has 2 amide bonds. The Balaban J connectivity index is 1.69. The Morgan fingerprint density at radius 2 is 1.79 bits per heavy atom. The fraction of sp³-hybridized carbons (Fsp3) is 0.231. The van der Waals surface area contributed by atoms with E-state index in [0.717, 1.165) is 17.7 Å². The van der Waals surface area contributed by atoms with E-state index in [9.17, 15) is 29.0 Å². The van der Waals surface area contributed by atoms with Gasteiger partial charge in [-0.2, -0.15) is 0 Å². The number of rotatable bonds is 9. The quantitative estimate of drug-likeness (QED) is 0.178. The van der Waals surface area contributed by atoms with Gasteiger partial charge in [-0.05, 0) is 30.2 Å². The average Bonchev–Trinajstić information content (AvgIpc) is 3.40. The lowest BCUT2D eigenvalue weighted by Crippen LogP contribution is -2.29. The molecule has 0 saturated heterocycles. The maximum atomic E-state index is 12.1. The predicted octanol–water partition coefficient (Wildman–Crippen LogP) is 3.16. The van der Waals surface area contributed by atoms with E-state index in [2.05, 4.69) is 4.98 Å². The second-order valence-corrected chi connectivity index (χ2v) is 10.4. The van der Waals surface area contributed by atoms with Crippen LogP contribution >= 0.6 is 7.82 Å². The molecule has 4 aromatic rings. The van der Waals surface area contributed by atoms with E-state index in [1.165, 1.54) is 18.2 Å². The molecular formula is C26H26N5O7P. The van der Waals surface area contributed by atoms with E-state index in [0.29, 0.717) is 45.3 Å². The fourth-order valence-electron chi connectivity index (χ4n) is 4.66. The lowest BCUT2D eigenvalue weighted by Gasteiger charge is -2.17. The van der Waals surface area contributed by atoms with Crippen LogP contribution in [0.15, 0.2) is 48.6 Å². The lowest BCUT2D eigenvalue weighted by atomic mass is 10.1. The molecule has 2 aromatic carbocycles. The van der Waals surface area contributed by atoms with Crippen LogP contribution in [0, 0.1) is 0 Å². The number of pyridine rings is 1. The highest BCUT2D eigenvalue weighted by Crippen LogP contribution is 2.44. The Morgan fingerprint density at radius 3 is 2.49 bits per heavy atom. The molecule has 0 atom stereocenters. The average molecular weight is 551 g/mol. The standard InChI is InChI=1S/C26H26N5O7P/c1-2-3-7-20-29-23-24(30(20)14-16-5-4-6-19(32)25(16)38-39(35,36)37)17-12-15(8-9-18(17)28-26(23)27)13-31-21(33)10-11-22(31)34/h4-6,8-12,32H,2-3,7,13-14H2,1H3,(H2,27,28)(H2,35,36,37). The number of phosphoric acid groups is 1. The van der Waals surface area contributed by atoms with Gasteiger partial charge in [-0.15, -0.1) is 0 Å². The van der Waals surface area contributed by atoms with Crippen LogP contribution in [0.5, 0.6) is 11.5 Å². The van der Waals surface area contributed by atoms with Crippen LogP contribution in [-0.4, -0.2) is 46.1 Å². The lowest BCUT2D eigenvalue weighted by molar-refractivity contribution is -0.137. The van der Waals surface area contributed by atoms with Crippen LogP contribution in [0.1, 0.15) is 36.7 Å². The number of nitrogens with two attached hydrogens (primary N) is 1. The molecule has 13 heteroatoms. The largest absolute Gasteiger partial charge is 0.524 e. The van der Waals surface area contributed by atoms with Gasteiger partial charge in [0.2, 0.25) is 0 Å². The van der Waals surface area contributed by atoms with Gasteiger partial charge in [-0.25, -0.2) is 14.5 Å². The zero-order valence-corrected chi connectivity index (χ0v) is 21.8. The smallest absolute Gasteiger partial charge is 0.504 e. The summed E-state index contributed by atoms with van der Waals surface area (Å²) in [6, 6.07) is 9.75. The number of phenolic OH excluding ortho intramolecular Hbond substituents is 1. The first-order valence-electron chi connectivity index (χ1n) is 12.2. The Kier molecular flexibility index (Phi) is 6.85. The van der Waals surface area contributed by atoms with Crippen molar-refractivity contribution in [1.82, 2.24) is 19.4 Å². The van der Waals surface area contributed by atoms with Crippen molar-refractivity contribution >= 4 is 47.4 Å². The van der Waals surface area contributed by atoms with Crippen LogP contribution in [-0.2, 0) is 33.7 Å². The number of unbranched alkanes of at least 4 members (excludes halogenated alkanes) is 1. The number of aryl methyl sites for hydroxylation is 1. The van der Waals surface area contributed by atoms with E-state index in [1.807, 2.05) is 17.6 Å². The number of aromatic hydroxyl groups is 1. The van der Waals surface area contributed by atoms with Gasteiger partial charge in [0.25, 0.3) is 11.8 Å². The van der Waals surface area contributed by atoms with Gasteiger partial charge in [0, 0.05) is 29.5 Å². The van der Waals surface area contributed by atoms with Crippen LogP contribution in [0.3, 0.4) is 0 Å². The molecule has 1 aliphatic rings. The number of carbonyl (C=O) groups is 2. The highest BCUT2D eigenvalue weighted by Gasteiger charge is 2.26. The Labute approximate surface area is 222 Å². The van der Waals surface area contributed by atoms with E-state index in [4.69, 9.17) is 15.2 Å². The molecule has 2 aromatic heterocycles. The van der Waals surface area contributed by atoms with Crippen molar-refractivity contribution in [2.75, 3.05) is 5.73 Å². The number of fused-ring (bicyclic) bond motifs is 3. The normalized spacial score (nSPS) is 13.8. The number of nitrogen functional groups attached to an aromatic ring is 1. The van der Waals surface area contributed by atoms with Crippen molar-refractivity contribution < 1.29 is 33.6 Å². The minimum atomic E-state index is -4.97. The summed E-state index contributed by atoms with van der Waals surface area (Å²) in [6.45, 7) is 2.16. The maximum Gasteiger partial charge on any atom is 0.524 e. The molecule has 0 fully saturated rings. The molecule has 0 bridgehead atoms. The molecule has 5 N–H and O–H groups in total. The minimum Gasteiger partial charge on any atom is -0.504 e. The molecule has 3 heterocycles. The number of hydrogen-bond acceptors (Lipinski definition) is 8. The summed E-state index contributed by atoms with van der Waals surface area (Å²) in [5.74, 6) is -0.670. The molecule has 0 unspecified atom stereocenters. The number of imide groups is 1. The van der Waals surface area contributed by atoms with Crippen molar-refractivity contribution in [2.24, 2.45) is 0 Å². The first kappa shape index (κ1) is 26.4. The Hall–Kier alpha value is -4.25. The number of benzene rings is 2. The fourth-order valence-corrected chi connectivity index (χ4v) is 5.11. The monoisotopic (exact) mass is 551 g/mol. The SMILES string of the molecule is CCCCc1nc2c(N)nc3ccc(CN4C(=O)C=CC4=O)cc3c2n1Cc1cccc(O)c1OP(=O)(O)O. The number of amides is 2. The second kappa shape index (κ2) is 10.1. The van der Waals surface area contributed by atoms with Crippen LogP contribution < -0.4 is 10.3 Å². The number of anilines is 1. The van der Waals surface area contributed by atoms with Gasteiger partial charge < -0.3 is 19.9 Å². The number of para-hydroxylation sites is 1. The molecule has 39 heavy (non-hydrogen) atoms. The van der Waals surface area contributed by atoms with Gasteiger partial charge in [0.05, 0.1) is 24.1 Å². The van der Waals surface area contributed by atoms with Crippen LogP contribution in [0.4, 0.5) is 5.82 Å². The number of carbonyl (C=O) groups excluding carboxylic acids is 2. The van der Waals surface area contributed by atoms with Crippen molar-refractivity contribution in [1.29, 1.82) is 0 Å². The van der Waals surface area contributed by atoms with Crippen molar-refractivity contribution in [3.8, 4) is 11.5 Å². The summed E-state index contributed by atoms with van der Waals surface area (Å²) < 4.78 is 18.3. The third-order valence-corrected chi connectivity index (χ3v) is 6.88. The topological polar surface area (TPSA) is 181 Å². The molecule has 5 rings (SSSR count). The first-order valence-corrected chi connectivity index (χ1v) is 13.8. The summed E-state index contributed by atoms with van der Waals surface area (Å²) >= 11 is 0. The van der Waals surface area contributed by atoms with Crippen molar-refractivity contribution in [2.45, 2.75) is 39.3 Å². The van der Waals surface area contributed by atoms with Gasteiger partial charge in [0.1, 0.15) is 11.3 Å². The van der Waals surface area contributed by atoms with Crippen molar-refractivity contribution in [3.05, 3.63) is 65.5 Å². The number of imidazole rings is 1. The zero-order chi connectivity index (χ0) is 27.9. The third kappa shape index (κ3) is 5.22. The highest BCUT2D eigenvalue weighted by atomic mass is 31.2. The Bertz CT molecular complexity index is 1690. The number of phenols is 1. The minimum absolute atomic E-state index is 0.0507. The molecule has 0 aliphatic carbocycles. The second-order valence-electron chi connectivity index (χ2n) is 9.21. The van der Waals surface area contributed by atoms with Gasteiger partial charge >= 0.3 is 7.82 Å². The first-order chi connectivity index (χ1) is 18.6. The molecule has 0 radical (unpaired) electrons. The molecule has 0 spiro atoms. The van der Waals surface area contributed by atoms with E-state index in [1.54, 1.807) is 24.3 Å². The van der Waals surface area contributed by atoms with Crippen LogP contribution in [0.2, 0.25) is 0 Å². The molecule has 12 nitrogen and oxygen atoms in total. The molecule has 202 valence electrons. The summed E-state index contributed by atoms with van der Waals surface area (Å²) in [6.07, 6.45) is 4.75. The summed E-state index contributed by atoms with van der Waals surface area (Å²) in [7, 11) is -4.97. The van der Waals surface area contributed by atoms with E-state index < -0.39 is 25.4 Å². The van der Waals surface area contributed by atoms with Gasteiger partial charge in [-0.1, -0.05) is 31.5 Å². The van der Waals surface area contributed by atoms with Gasteiger partial charge in [-0.3, -0.25) is 24.3 Å². The van der Waals surface area contributed by atoms with Crippen LogP contribution in [0.25, 0.3) is 21.9 Å². The Morgan fingerprint density at radius 1 is 1.05 bits per heavy atom. The van der Waals surface area contributed by atoms with Crippen molar-refractivity contribution in [3.63, 3.8) is 0 Å². The van der Waals surface area contributed by atoms with E-state index >= 15 is 0 Å². The van der Waals surface area contributed by atoms with E-state index in [-0.39, 0.29) is 24.7 Å². The molecular weight excluding hydrogens is 525 g/mol. The summed E-state index contributed by atoms with van der Waals surface area (Å²) in [4.78, 5) is 53.5. The maximum absolute atomic E-state index is 12.1. The number of aromatic nitrogens is 3. The number of hydrogen-bond donors (Lipinski definition) is 4. The molecule has 0 saturated carbocycles. The zero-order valence-electron chi connectivity index (χ0n) is 20.9. The number of nitrogens with zero attached hydrogens (tertiary/aromatic N) is 4. The molecule has 1 aliphatic heterocycles. The number of phosphoric ester groups is 1. The third-order valence-electron chi connectivity index (χ3n) is 6.46. The summed E-state index contributed by atoms with van der Waals surface area (Å²) in [5.41, 5.74) is 8.93. The van der Waals surface area contributed by atoms with Gasteiger partial charge in [0.15, 0.2) is 17.3 Å². The predicted molar refractivity (Wildman–Crippen MR) is 143 cm³/mol. The summed E-state index contributed by atoms with van der Waals surface area (Å²) in [5, 5.41) is 11.0.